The van der Waals surface area contributed by atoms with Gasteiger partial charge >= 0.3 is 0 Å². The Hall–Kier alpha value is -2.25. The number of rotatable bonds is 11. The van der Waals surface area contributed by atoms with Crippen LogP contribution in [0.5, 0.6) is 11.5 Å². The summed E-state index contributed by atoms with van der Waals surface area (Å²) >= 11 is 12.1. The van der Waals surface area contributed by atoms with Crippen molar-refractivity contribution in [3.63, 3.8) is 0 Å². The zero-order valence-electron chi connectivity index (χ0n) is 19.5. The van der Waals surface area contributed by atoms with Crippen molar-refractivity contribution in [2.24, 2.45) is 0 Å². The van der Waals surface area contributed by atoms with Crippen LogP contribution >= 0.6 is 23.2 Å². The number of aromatic nitrogens is 2. The molecule has 0 atom stereocenters. The summed E-state index contributed by atoms with van der Waals surface area (Å²) in [6.45, 7) is 4.84. The molecule has 182 valence electrons. The molecular formula is C26H31Cl2N3O3. The van der Waals surface area contributed by atoms with Crippen LogP contribution < -0.4 is 9.47 Å². The molecule has 3 aromatic rings. The highest BCUT2D eigenvalue weighted by Gasteiger charge is 2.35. The Kier molecular flexibility index (Phi) is 8.73. The van der Waals surface area contributed by atoms with Crippen molar-refractivity contribution < 1.29 is 14.2 Å². The summed E-state index contributed by atoms with van der Waals surface area (Å²) < 4.78 is 20.0. The first-order chi connectivity index (χ1) is 16.5. The number of aryl methyl sites for hydroxylation is 1. The maximum Gasteiger partial charge on any atom is 0.121 e. The average Bonchev–Trinajstić information content (AvgIpc) is 3.38. The van der Waals surface area contributed by atoms with E-state index in [4.69, 9.17) is 37.4 Å². The summed E-state index contributed by atoms with van der Waals surface area (Å²) in [6, 6.07) is 13.7. The highest BCUT2D eigenvalue weighted by atomic mass is 35.5. The molecule has 0 amide bonds. The van der Waals surface area contributed by atoms with Crippen molar-refractivity contribution in [3.05, 3.63) is 76.8 Å². The molecular weight excluding hydrogens is 473 g/mol. The van der Waals surface area contributed by atoms with Crippen molar-refractivity contribution in [2.75, 3.05) is 33.4 Å². The Morgan fingerprint density at radius 1 is 1.00 bits per heavy atom. The lowest BCUT2D eigenvalue weighted by Gasteiger charge is -2.40. The molecule has 34 heavy (non-hydrogen) atoms. The van der Waals surface area contributed by atoms with Gasteiger partial charge in [0.25, 0.3) is 0 Å². The Morgan fingerprint density at radius 2 is 1.82 bits per heavy atom. The third-order valence-electron chi connectivity index (χ3n) is 6.29. The lowest BCUT2D eigenvalue weighted by atomic mass is 9.91. The van der Waals surface area contributed by atoms with E-state index in [1.807, 2.05) is 24.7 Å². The van der Waals surface area contributed by atoms with Crippen molar-refractivity contribution in [3.8, 4) is 11.5 Å². The molecule has 2 heterocycles. The molecule has 0 bridgehead atoms. The molecule has 1 saturated heterocycles. The van der Waals surface area contributed by atoms with E-state index in [1.54, 1.807) is 25.4 Å². The minimum atomic E-state index is -0.303. The first-order valence-corrected chi connectivity index (χ1v) is 12.3. The summed E-state index contributed by atoms with van der Waals surface area (Å²) in [4.78, 5) is 6.52. The van der Waals surface area contributed by atoms with E-state index < -0.39 is 0 Å². The maximum atomic E-state index is 6.11. The third-order valence-corrected chi connectivity index (χ3v) is 7.03. The van der Waals surface area contributed by atoms with E-state index in [2.05, 4.69) is 32.7 Å². The molecule has 0 N–H and O–H groups in total. The monoisotopic (exact) mass is 503 g/mol. The average molecular weight is 504 g/mol. The summed E-state index contributed by atoms with van der Waals surface area (Å²) in [5.74, 6) is 1.62. The van der Waals surface area contributed by atoms with Crippen molar-refractivity contribution >= 4 is 23.2 Å². The van der Waals surface area contributed by atoms with E-state index >= 15 is 0 Å². The van der Waals surface area contributed by atoms with Crippen LogP contribution in [0.3, 0.4) is 0 Å². The zero-order chi connectivity index (χ0) is 23.8. The highest BCUT2D eigenvalue weighted by molar-refractivity contribution is 6.42. The molecule has 0 saturated carbocycles. The molecule has 1 aliphatic rings. The Morgan fingerprint density at radius 3 is 2.56 bits per heavy atom. The predicted molar refractivity (Wildman–Crippen MR) is 135 cm³/mol. The maximum absolute atomic E-state index is 6.11. The molecule has 2 aromatic carbocycles. The molecule has 4 rings (SSSR count). The molecule has 0 aliphatic carbocycles. The van der Waals surface area contributed by atoms with Gasteiger partial charge in [-0.25, -0.2) is 4.98 Å². The number of piperidine rings is 1. The van der Waals surface area contributed by atoms with Gasteiger partial charge in [-0.15, -0.1) is 0 Å². The van der Waals surface area contributed by atoms with Crippen molar-refractivity contribution in [1.82, 2.24) is 14.5 Å². The summed E-state index contributed by atoms with van der Waals surface area (Å²) in [5, 5.41) is 1.01. The smallest absolute Gasteiger partial charge is 0.121 e. The van der Waals surface area contributed by atoms with Gasteiger partial charge in [0.1, 0.15) is 23.7 Å². The molecule has 1 aliphatic heterocycles. The third kappa shape index (κ3) is 6.89. The van der Waals surface area contributed by atoms with E-state index in [1.165, 1.54) is 5.56 Å². The number of halogens is 2. The van der Waals surface area contributed by atoms with Gasteiger partial charge in [0.05, 0.1) is 23.0 Å². The number of hydrogen-bond acceptors (Lipinski definition) is 5. The van der Waals surface area contributed by atoms with E-state index in [0.717, 1.165) is 51.2 Å². The van der Waals surface area contributed by atoms with Gasteiger partial charge in [-0.1, -0.05) is 35.3 Å². The fourth-order valence-electron chi connectivity index (χ4n) is 4.16. The van der Waals surface area contributed by atoms with Crippen LogP contribution in [-0.2, 0) is 17.8 Å². The number of benzene rings is 2. The van der Waals surface area contributed by atoms with Crippen LogP contribution in [0.25, 0.3) is 0 Å². The lowest BCUT2D eigenvalue weighted by Crippen LogP contribution is -2.48. The van der Waals surface area contributed by atoms with Crippen LogP contribution in [0.15, 0.2) is 61.2 Å². The normalized spacial score (nSPS) is 15.9. The van der Waals surface area contributed by atoms with Gasteiger partial charge < -0.3 is 18.8 Å². The Balaban J connectivity index is 1.23. The first kappa shape index (κ1) is 24.9. The summed E-state index contributed by atoms with van der Waals surface area (Å²) in [6.07, 6.45) is 8.33. The molecule has 0 spiro atoms. The Bertz CT molecular complexity index is 1040. The van der Waals surface area contributed by atoms with E-state index in [-0.39, 0.29) is 5.60 Å². The van der Waals surface area contributed by atoms with Gasteiger partial charge in [0, 0.05) is 51.7 Å². The fraction of sp³-hybridized carbons (Fsp3) is 0.423. The second-order valence-corrected chi connectivity index (χ2v) is 9.49. The topological polar surface area (TPSA) is 48.8 Å². The quantitative estimate of drug-likeness (QED) is 0.313. The van der Waals surface area contributed by atoms with Crippen LogP contribution in [0.1, 0.15) is 24.8 Å². The van der Waals surface area contributed by atoms with E-state index in [0.29, 0.717) is 29.0 Å². The van der Waals surface area contributed by atoms with Gasteiger partial charge in [-0.05, 0) is 49.1 Å². The second-order valence-electron chi connectivity index (χ2n) is 8.68. The van der Waals surface area contributed by atoms with Crippen LogP contribution in [0.4, 0.5) is 0 Å². The van der Waals surface area contributed by atoms with Gasteiger partial charge in [-0.3, -0.25) is 4.90 Å². The minimum absolute atomic E-state index is 0.303. The number of ether oxygens (including phenoxy) is 3. The molecule has 8 heteroatoms. The summed E-state index contributed by atoms with van der Waals surface area (Å²) in [7, 11) is 1.77. The highest BCUT2D eigenvalue weighted by Crippen LogP contribution is 2.30. The number of likely N-dealkylation sites (tertiary alicyclic amines) is 1. The van der Waals surface area contributed by atoms with Gasteiger partial charge in [0.2, 0.25) is 0 Å². The second kappa shape index (κ2) is 11.9. The zero-order valence-corrected chi connectivity index (χ0v) is 21.0. The molecule has 0 unspecified atom stereocenters. The van der Waals surface area contributed by atoms with E-state index in [9.17, 15) is 0 Å². The molecule has 6 nitrogen and oxygen atoms in total. The lowest BCUT2D eigenvalue weighted by molar-refractivity contribution is -0.0839. The SMILES string of the molecule is COC1(COc2ccc(Cl)c(Cl)c2)CCN(Cc2cccc(OCCCn3ccnc3)c2)CC1. The minimum Gasteiger partial charge on any atom is -0.494 e. The fourth-order valence-corrected chi connectivity index (χ4v) is 4.44. The number of imidazole rings is 1. The van der Waals surface area contributed by atoms with Crippen LogP contribution in [0.2, 0.25) is 10.0 Å². The van der Waals surface area contributed by atoms with Gasteiger partial charge in [-0.2, -0.15) is 0 Å². The molecule has 1 aromatic heterocycles. The standard InChI is InChI=1S/C26H31Cl2N3O3/c1-32-26(19-34-23-6-7-24(27)25(28)17-23)8-12-30(13-9-26)18-21-4-2-5-22(16-21)33-15-3-11-31-14-10-29-20-31/h2,4-7,10,14,16-17,20H,3,8-9,11-13,15,18-19H2,1H3. The number of nitrogens with zero attached hydrogens (tertiary/aromatic N) is 3. The first-order valence-electron chi connectivity index (χ1n) is 11.6. The molecule has 1 fully saturated rings. The van der Waals surface area contributed by atoms with Gasteiger partial charge in [0.15, 0.2) is 0 Å². The van der Waals surface area contributed by atoms with Crippen LogP contribution in [0, 0.1) is 0 Å². The molecule has 0 radical (unpaired) electrons. The summed E-state index contributed by atoms with van der Waals surface area (Å²) in [5.41, 5.74) is 0.951. The van der Waals surface area contributed by atoms with Crippen LogP contribution in [-0.4, -0.2) is 53.5 Å². The number of methoxy groups -OCH3 is 1. The predicted octanol–water partition coefficient (Wildman–Crippen LogP) is 5.72. The Labute approximate surface area is 211 Å². The number of hydrogen-bond donors (Lipinski definition) is 0. The van der Waals surface area contributed by atoms with Crippen molar-refractivity contribution in [1.29, 1.82) is 0 Å². The van der Waals surface area contributed by atoms with Crippen molar-refractivity contribution in [2.45, 2.75) is 38.0 Å². The largest absolute Gasteiger partial charge is 0.494 e.